The van der Waals surface area contributed by atoms with Crippen LogP contribution in [0.5, 0.6) is 0 Å². The summed E-state index contributed by atoms with van der Waals surface area (Å²) in [5.74, 6) is -0.497. The van der Waals surface area contributed by atoms with Crippen LogP contribution in [0.25, 0.3) is 0 Å². The lowest BCUT2D eigenvalue weighted by molar-refractivity contribution is -0.385. The Labute approximate surface area is 145 Å². The van der Waals surface area contributed by atoms with Crippen molar-refractivity contribution in [1.29, 1.82) is 0 Å². The van der Waals surface area contributed by atoms with E-state index < -0.39 is 10.8 Å². The van der Waals surface area contributed by atoms with Crippen molar-refractivity contribution in [1.82, 2.24) is 20.0 Å². The Balaban J connectivity index is 1.63. The average molecular weight is 353 g/mol. The predicted molar refractivity (Wildman–Crippen MR) is 87.4 cm³/mol. The summed E-state index contributed by atoms with van der Waals surface area (Å²) in [6.45, 7) is 5.42. The van der Waals surface area contributed by atoms with Crippen LogP contribution in [0.3, 0.4) is 0 Å². The van der Waals surface area contributed by atoms with E-state index in [2.05, 4.69) is 15.3 Å². The Bertz CT molecular complexity index is 607. The lowest BCUT2D eigenvalue weighted by Gasteiger charge is -2.26. The Morgan fingerprint density at radius 2 is 1.92 bits per heavy atom. The minimum absolute atomic E-state index is 0.0284. The molecule has 1 N–H and O–H groups in total. The summed E-state index contributed by atoms with van der Waals surface area (Å²) in [7, 11) is 0. The number of carbonyl (C=O) groups excluding carboxylic acids is 1. The highest BCUT2D eigenvalue weighted by atomic mass is 16.6. The zero-order valence-electron chi connectivity index (χ0n) is 14.1. The van der Waals surface area contributed by atoms with Crippen LogP contribution >= 0.6 is 0 Å². The van der Waals surface area contributed by atoms with E-state index in [4.69, 9.17) is 9.47 Å². The average Bonchev–Trinajstić information content (AvgIpc) is 3.07. The molecule has 1 aromatic heterocycles. The minimum atomic E-state index is -0.558. The first-order valence-electron chi connectivity index (χ1n) is 8.54. The van der Waals surface area contributed by atoms with E-state index in [0.29, 0.717) is 52.4 Å². The molecule has 0 unspecified atom stereocenters. The van der Waals surface area contributed by atoms with Crippen molar-refractivity contribution in [2.24, 2.45) is 0 Å². The first-order valence-corrected chi connectivity index (χ1v) is 8.54. The molecule has 0 spiro atoms. The van der Waals surface area contributed by atoms with E-state index >= 15 is 0 Å². The molecule has 1 amide bonds. The normalized spacial score (nSPS) is 19.7. The fourth-order valence-electron chi connectivity index (χ4n) is 2.99. The van der Waals surface area contributed by atoms with Gasteiger partial charge in [0.25, 0.3) is 5.91 Å². The van der Waals surface area contributed by atoms with Crippen LogP contribution in [0.15, 0.2) is 6.20 Å². The van der Waals surface area contributed by atoms with Crippen molar-refractivity contribution in [3.63, 3.8) is 0 Å². The van der Waals surface area contributed by atoms with Gasteiger partial charge >= 0.3 is 5.69 Å². The number of carbonyl (C=O) groups is 1. The minimum Gasteiger partial charge on any atom is -0.381 e. The molecule has 10 nitrogen and oxygen atoms in total. The second-order valence-electron chi connectivity index (χ2n) is 6.20. The Kier molecular flexibility index (Phi) is 5.95. The molecule has 2 saturated heterocycles. The molecule has 2 fully saturated rings. The van der Waals surface area contributed by atoms with Gasteiger partial charge in [-0.3, -0.25) is 24.5 Å². The number of nitro groups is 1. The third-order valence-electron chi connectivity index (χ3n) is 4.46. The zero-order valence-corrected chi connectivity index (χ0v) is 14.1. The van der Waals surface area contributed by atoms with Gasteiger partial charge in [0.2, 0.25) is 5.69 Å². The molecule has 2 aliphatic heterocycles. The third kappa shape index (κ3) is 4.74. The number of nitrogens with zero attached hydrogens (tertiary/aromatic N) is 4. The van der Waals surface area contributed by atoms with Crippen LogP contribution < -0.4 is 5.32 Å². The van der Waals surface area contributed by atoms with Gasteiger partial charge in [0, 0.05) is 38.9 Å². The molecular formula is C15H23N5O5. The fraction of sp³-hybridized carbons (Fsp3) is 0.733. The second kappa shape index (κ2) is 8.37. The van der Waals surface area contributed by atoms with Gasteiger partial charge in [0.15, 0.2) is 0 Å². The highest BCUT2D eigenvalue weighted by Gasteiger charge is 2.28. The van der Waals surface area contributed by atoms with Gasteiger partial charge in [-0.2, -0.15) is 5.10 Å². The van der Waals surface area contributed by atoms with Gasteiger partial charge in [-0.15, -0.1) is 0 Å². The molecule has 10 heteroatoms. The smallest absolute Gasteiger partial charge is 0.320 e. The number of morpholine rings is 1. The SMILES string of the molecule is O=C(NC1CCOCC1)c1nn(CCN2CCOCC2)cc1[N+](=O)[O-]. The standard InChI is InChI=1S/C15H23N5O5/c21-15(16-12-1-7-24-8-2-12)14-13(20(22)23)11-19(17-14)4-3-18-5-9-25-10-6-18/h11-12H,1-10H2,(H,16,21). The molecule has 0 bridgehead atoms. The topological polar surface area (TPSA) is 112 Å². The lowest BCUT2D eigenvalue weighted by Crippen LogP contribution is -2.39. The van der Waals surface area contributed by atoms with Crippen molar-refractivity contribution in [2.45, 2.75) is 25.4 Å². The van der Waals surface area contributed by atoms with Crippen LogP contribution in [0.4, 0.5) is 5.69 Å². The highest BCUT2D eigenvalue weighted by Crippen LogP contribution is 2.18. The summed E-state index contributed by atoms with van der Waals surface area (Å²) in [6.07, 6.45) is 2.74. The number of rotatable bonds is 6. The Hall–Kier alpha value is -2.04. The molecule has 138 valence electrons. The number of aromatic nitrogens is 2. The van der Waals surface area contributed by atoms with Gasteiger partial charge < -0.3 is 14.8 Å². The van der Waals surface area contributed by atoms with Crippen molar-refractivity contribution >= 4 is 11.6 Å². The molecule has 1 aromatic rings. The van der Waals surface area contributed by atoms with Gasteiger partial charge in [-0.05, 0) is 12.8 Å². The summed E-state index contributed by atoms with van der Waals surface area (Å²) >= 11 is 0. The number of amides is 1. The Morgan fingerprint density at radius 1 is 1.24 bits per heavy atom. The van der Waals surface area contributed by atoms with Crippen molar-refractivity contribution < 1.29 is 19.2 Å². The lowest BCUT2D eigenvalue weighted by atomic mass is 10.1. The van der Waals surface area contributed by atoms with Crippen molar-refractivity contribution in [3.05, 3.63) is 22.0 Å². The van der Waals surface area contributed by atoms with E-state index in [9.17, 15) is 14.9 Å². The van der Waals surface area contributed by atoms with Gasteiger partial charge in [0.05, 0.1) is 24.7 Å². The van der Waals surface area contributed by atoms with Gasteiger partial charge in [-0.25, -0.2) is 0 Å². The molecule has 2 aliphatic rings. The Morgan fingerprint density at radius 3 is 2.60 bits per heavy atom. The molecule has 3 rings (SSSR count). The van der Waals surface area contributed by atoms with Crippen LogP contribution in [0.2, 0.25) is 0 Å². The van der Waals surface area contributed by atoms with E-state index in [1.165, 1.54) is 10.9 Å². The summed E-state index contributed by atoms with van der Waals surface area (Å²) < 4.78 is 12.0. The quantitative estimate of drug-likeness (QED) is 0.567. The van der Waals surface area contributed by atoms with E-state index in [0.717, 1.165) is 13.1 Å². The van der Waals surface area contributed by atoms with Crippen LogP contribution in [0.1, 0.15) is 23.3 Å². The maximum atomic E-state index is 12.4. The van der Waals surface area contributed by atoms with E-state index in [-0.39, 0.29) is 17.4 Å². The van der Waals surface area contributed by atoms with Crippen molar-refractivity contribution in [3.8, 4) is 0 Å². The molecule has 25 heavy (non-hydrogen) atoms. The van der Waals surface area contributed by atoms with Crippen LogP contribution in [-0.2, 0) is 16.0 Å². The number of hydrogen-bond acceptors (Lipinski definition) is 7. The summed E-state index contributed by atoms with van der Waals surface area (Å²) in [5, 5.41) is 18.2. The summed E-state index contributed by atoms with van der Waals surface area (Å²) in [4.78, 5) is 25.3. The maximum Gasteiger partial charge on any atom is 0.320 e. The highest BCUT2D eigenvalue weighted by molar-refractivity contribution is 5.96. The van der Waals surface area contributed by atoms with Crippen LogP contribution in [0, 0.1) is 10.1 Å². The molecular weight excluding hydrogens is 330 g/mol. The third-order valence-corrected chi connectivity index (χ3v) is 4.46. The van der Waals surface area contributed by atoms with Crippen molar-refractivity contribution in [2.75, 3.05) is 46.1 Å². The van der Waals surface area contributed by atoms with Gasteiger partial charge in [0.1, 0.15) is 6.20 Å². The van der Waals surface area contributed by atoms with Crippen LogP contribution in [-0.4, -0.2) is 77.6 Å². The van der Waals surface area contributed by atoms with E-state index in [1.807, 2.05) is 0 Å². The number of nitrogens with one attached hydrogen (secondary N) is 1. The summed E-state index contributed by atoms with van der Waals surface area (Å²) in [6, 6.07) is -0.0284. The van der Waals surface area contributed by atoms with Gasteiger partial charge in [-0.1, -0.05) is 0 Å². The molecule has 0 atom stereocenters. The number of ether oxygens (including phenoxy) is 2. The largest absolute Gasteiger partial charge is 0.381 e. The second-order valence-corrected chi connectivity index (χ2v) is 6.20. The fourth-order valence-corrected chi connectivity index (χ4v) is 2.99. The maximum absolute atomic E-state index is 12.4. The first-order chi connectivity index (χ1) is 12.1. The molecule has 0 aliphatic carbocycles. The summed E-state index contributed by atoms with van der Waals surface area (Å²) in [5.41, 5.74) is -0.384. The predicted octanol–water partition coefficient (Wildman–Crippen LogP) is 0.0323. The molecule has 0 aromatic carbocycles. The number of hydrogen-bond donors (Lipinski definition) is 1. The first kappa shape index (κ1) is 17.8. The molecule has 3 heterocycles. The van der Waals surface area contributed by atoms with E-state index in [1.54, 1.807) is 0 Å². The molecule has 0 saturated carbocycles. The monoisotopic (exact) mass is 353 g/mol. The molecule has 0 radical (unpaired) electrons. The zero-order chi connectivity index (χ0) is 17.6.